The normalized spacial score (nSPS) is 15.1. The molecule has 4 nitrogen and oxygen atoms in total. The van der Waals surface area contributed by atoms with Crippen molar-refractivity contribution in [2.45, 2.75) is 25.7 Å². The highest BCUT2D eigenvalue weighted by Crippen LogP contribution is 2.19. The average Bonchev–Trinajstić information content (AvgIpc) is 2.67. The van der Waals surface area contributed by atoms with Gasteiger partial charge in [0.2, 0.25) is 0 Å². The molecule has 0 aromatic heterocycles. The summed E-state index contributed by atoms with van der Waals surface area (Å²) in [6.45, 7) is 0.559. The van der Waals surface area contributed by atoms with Crippen molar-refractivity contribution in [2.75, 3.05) is 19.8 Å². The van der Waals surface area contributed by atoms with Crippen LogP contribution in [0, 0.1) is 0 Å². The summed E-state index contributed by atoms with van der Waals surface area (Å²) in [5.41, 5.74) is 1.42. The molecule has 0 bridgehead atoms. The monoisotopic (exact) mass is 199 g/mol. The van der Waals surface area contributed by atoms with Gasteiger partial charge in [-0.1, -0.05) is 11.6 Å². The van der Waals surface area contributed by atoms with E-state index in [1.165, 1.54) is 18.4 Å². The third-order valence-corrected chi connectivity index (χ3v) is 2.17. The van der Waals surface area contributed by atoms with Crippen LogP contribution in [0.1, 0.15) is 25.7 Å². The first-order valence-corrected chi connectivity index (χ1v) is 5.02. The third kappa shape index (κ3) is 4.28. The van der Waals surface area contributed by atoms with Crippen LogP contribution in [0.2, 0.25) is 0 Å². The summed E-state index contributed by atoms with van der Waals surface area (Å²) < 4.78 is 4.64. The minimum atomic E-state index is -0.447. The number of allylic oxidation sites excluding steroid dienone is 1. The van der Waals surface area contributed by atoms with E-state index in [-0.39, 0.29) is 13.2 Å². The number of carbonyl (C=O) groups excluding carboxylic acids is 1. The van der Waals surface area contributed by atoms with E-state index >= 15 is 0 Å². The van der Waals surface area contributed by atoms with Gasteiger partial charge in [-0.05, 0) is 25.7 Å². The summed E-state index contributed by atoms with van der Waals surface area (Å²) in [7, 11) is 0. The number of carbonyl (C=O) groups is 1. The fraction of sp³-hybridized carbons (Fsp3) is 0.700. The summed E-state index contributed by atoms with van der Waals surface area (Å²) in [4.78, 5) is 10.9. The quantitative estimate of drug-likeness (QED) is 0.654. The molecule has 0 radical (unpaired) electrons. The second kappa shape index (κ2) is 6.43. The smallest absolute Gasteiger partial charge is 0.407 e. The van der Waals surface area contributed by atoms with Crippen molar-refractivity contribution in [3.63, 3.8) is 0 Å². The van der Waals surface area contributed by atoms with Gasteiger partial charge in [0.1, 0.15) is 6.61 Å². The zero-order chi connectivity index (χ0) is 10.2. The number of rotatable bonds is 5. The molecule has 0 aliphatic heterocycles. The molecule has 0 atom stereocenters. The minimum Gasteiger partial charge on any atom is -0.447 e. The van der Waals surface area contributed by atoms with Gasteiger partial charge < -0.3 is 15.2 Å². The molecule has 1 aliphatic rings. The maximum atomic E-state index is 10.9. The molecule has 2 N–H and O–H groups in total. The maximum absolute atomic E-state index is 10.9. The Morgan fingerprint density at radius 3 is 3.14 bits per heavy atom. The first-order chi connectivity index (χ1) is 6.83. The van der Waals surface area contributed by atoms with Crippen LogP contribution in [0.15, 0.2) is 11.6 Å². The van der Waals surface area contributed by atoms with Gasteiger partial charge >= 0.3 is 6.09 Å². The number of aliphatic hydroxyl groups excluding tert-OH is 1. The average molecular weight is 199 g/mol. The zero-order valence-corrected chi connectivity index (χ0v) is 8.29. The zero-order valence-electron chi connectivity index (χ0n) is 8.29. The van der Waals surface area contributed by atoms with Crippen molar-refractivity contribution in [1.82, 2.24) is 5.32 Å². The molecular weight excluding hydrogens is 182 g/mol. The third-order valence-electron chi connectivity index (χ3n) is 2.17. The van der Waals surface area contributed by atoms with Gasteiger partial charge in [0.25, 0.3) is 0 Å². The standard InChI is InChI=1S/C10H17NO3/c12-7-8-14-10(13)11-6-5-9-3-1-2-4-9/h3,12H,1-2,4-8H2,(H,11,13). The molecule has 0 spiro atoms. The molecule has 1 aliphatic carbocycles. The molecule has 1 rings (SSSR count). The Hall–Kier alpha value is -1.03. The fourth-order valence-electron chi connectivity index (χ4n) is 1.48. The number of nitrogens with one attached hydrogen (secondary N) is 1. The number of aliphatic hydroxyl groups is 1. The van der Waals surface area contributed by atoms with Crippen LogP contribution in [-0.4, -0.2) is 31.0 Å². The summed E-state index contributed by atoms with van der Waals surface area (Å²) in [6, 6.07) is 0. The highest BCUT2D eigenvalue weighted by Gasteiger charge is 2.05. The van der Waals surface area contributed by atoms with E-state index in [0.717, 1.165) is 12.8 Å². The van der Waals surface area contributed by atoms with Crippen LogP contribution in [-0.2, 0) is 4.74 Å². The van der Waals surface area contributed by atoms with E-state index in [2.05, 4.69) is 16.1 Å². The van der Waals surface area contributed by atoms with E-state index in [4.69, 9.17) is 5.11 Å². The second-order valence-corrected chi connectivity index (χ2v) is 3.29. The van der Waals surface area contributed by atoms with Gasteiger partial charge in [-0.3, -0.25) is 0 Å². The molecule has 0 aromatic rings. The first-order valence-electron chi connectivity index (χ1n) is 5.02. The molecule has 14 heavy (non-hydrogen) atoms. The lowest BCUT2D eigenvalue weighted by molar-refractivity contribution is 0.119. The minimum absolute atomic E-state index is 0.0640. The predicted molar refractivity (Wildman–Crippen MR) is 53.0 cm³/mol. The van der Waals surface area contributed by atoms with Crippen molar-refractivity contribution in [3.05, 3.63) is 11.6 Å². The SMILES string of the molecule is O=C(NCCC1=CCCC1)OCCO. The Balaban J connectivity index is 2.00. The summed E-state index contributed by atoms with van der Waals surface area (Å²) >= 11 is 0. The van der Waals surface area contributed by atoms with Crippen LogP contribution in [0.5, 0.6) is 0 Å². The molecule has 1 amide bonds. The lowest BCUT2D eigenvalue weighted by atomic mass is 10.2. The maximum Gasteiger partial charge on any atom is 0.407 e. The van der Waals surface area contributed by atoms with Gasteiger partial charge in [-0.15, -0.1) is 0 Å². The fourth-order valence-corrected chi connectivity index (χ4v) is 1.48. The molecular formula is C10H17NO3. The Morgan fingerprint density at radius 2 is 2.50 bits per heavy atom. The van der Waals surface area contributed by atoms with Gasteiger partial charge in [0.05, 0.1) is 6.61 Å². The molecule has 0 saturated carbocycles. The van der Waals surface area contributed by atoms with Gasteiger partial charge in [0.15, 0.2) is 0 Å². The summed E-state index contributed by atoms with van der Waals surface area (Å²) in [5.74, 6) is 0. The van der Waals surface area contributed by atoms with Crippen LogP contribution in [0.25, 0.3) is 0 Å². The van der Waals surface area contributed by atoms with E-state index < -0.39 is 6.09 Å². The second-order valence-electron chi connectivity index (χ2n) is 3.29. The van der Waals surface area contributed by atoms with Crippen LogP contribution >= 0.6 is 0 Å². The predicted octanol–water partition coefficient (Wildman–Crippen LogP) is 1.21. The molecule has 0 aromatic carbocycles. The van der Waals surface area contributed by atoms with Crippen molar-refractivity contribution in [1.29, 1.82) is 0 Å². The van der Waals surface area contributed by atoms with E-state index in [1.807, 2.05) is 0 Å². The van der Waals surface area contributed by atoms with Gasteiger partial charge in [-0.2, -0.15) is 0 Å². The molecule has 80 valence electrons. The topological polar surface area (TPSA) is 58.6 Å². The molecule has 0 heterocycles. The number of alkyl carbamates (subject to hydrolysis) is 1. The van der Waals surface area contributed by atoms with Gasteiger partial charge in [0, 0.05) is 6.54 Å². The molecule has 0 fully saturated rings. The number of amides is 1. The summed E-state index contributed by atoms with van der Waals surface area (Å²) in [6.07, 6.45) is 6.27. The highest BCUT2D eigenvalue weighted by atomic mass is 16.6. The summed E-state index contributed by atoms with van der Waals surface area (Å²) in [5, 5.41) is 11.0. The van der Waals surface area contributed by atoms with Crippen molar-refractivity contribution in [3.8, 4) is 0 Å². The van der Waals surface area contributed by atoms with E-state index in [0.29, 0.717) is 6.54 Å². The number of hydrogen-bond acceptors (Lipinski definition) is 3. The van der Waals surface area contributed by atoms with Crippen molar-refractivity contribution < 1.29 is 14.6 Å². The van der Waals surface area contributed by atoms with E-state index in [1.54, 1.807) is 0 Å². The highest BCUT2D eigenvalue weighted by molar-refractivity contribution is 5.67. The number of hydrogen-bond donors (Lipinski definition) is 2. The van der Waals surface area contributed by atoms with Crippen molar-refractivity contribution >= 4 is 6.09 Å². The van der Waals surface area contributed by atoms with Gasteiger partial charge in [-0.25, -0.2) is 4.79 Å². The first kappa shape index (κ1) is 11.0. The Kier molecular flexibility index (Phi) is 5.07. The molecule has 0 saturated heterocycles. The van der Waals surface area contributed by atoms with Crippen LogP contribution in [0.4, 0.5) is 4.79 Å². The molecule has 4 heteroatoms. The van der Waals surface area contributed by atoms with Crippen LogP contribution in [0.3, 0.4) is 0 Å². The molecule has 0 unspecified atom stereocenters. The van der Waals surface area contributed by atoms with Crippen molar-refractivity contribution in [2.24, 2.45) is 0 Å². The Labute approximate surface area is 83.9 Å². The lowest BCUT2D eigenvalue weighted by Crippen LogP contribution is -2.26. The Bertz CT molecular complexity index is 213. The number of ether oxygens (including phenoxy) is 1. The largest absolute Gasteiger partial charge is 0.447 e. The van der Waals surface area contributed by atoms with E-state index in [9.17, 15) is 4.79 Å². The van der Waals surface area contributed by atoms with Crippen LogP contribution < -0.4 is 5.32 Å². The lowest BCUT2D eigenvalue weighted by Gasteiger charge is -2.05. The Morgan fingerprint density at radius 1 is 1.64 bits per heavy atom.